The molecule has 0 fully saturated rings. The SMILES string of the molecule is COC(=O)c1ccc2c(c1)/C(=C(\C)Nc1ccc(Cl)cc1)C(=O)N2. The molecule has 1 aliphatic heterocycles. The first kappa shape index (κ1) is 16.1. The lowest BCUT2D eigenvalue weighted by Gasteiger charge is -2.10. The molecule has 24 heavy (non-hydrogen) atoms. The average molecular weight is 343 g/mol. The van der Waals surface area contributed by atoms with Crippen LogP contribution in [0.1, 0.15) is 22.8 Å². The molecule has 0 atom stereocenters. The van der Waals surface area contributed by atoms with Crippen LogP contribution in [0.15, 0.2) is 48.2 Å². The average Bonchev–Trinajstić information content (AvgIpc) is 2.91. The molecule has 0 aromatic heterocycles. The highest BCUT2D eigenvalue weighted by atomic mass is 35.5. The standard InChI is InChI=1S/C18H15ClN2O3/c1-10(20-13-6-4-12(19)5-7-13)16-14-9-11(18(23)24-2)3-8-15(14)21-17(16)22/h3-9,20H,1-2H3,(H,21,22)/b16-10-. The number of ether oxygens (including phenoxy) is 1. The molecule has 1 heterocycles. The van der Waals surface area contributed by atoms with Gasteiger partial charge in [-0.3, -0.25) is 4.79 Å². The van der Waals surface area contributed by atoms with Gasteiger partial charge in [-0.05, 0) is 49.4 Å². The number of halogens is 1. The molecule has 2 aromatic rings. The third-order valence-corrected chi connectivity index (χ3v) is 3.99. The van der Waals surface area contributed by atoms with E-state index in [0.717, 1.165) is 5.69 Å². The van der Waals surface area contributed by atoms with Crippen molar-refractivity contribution in [2.24, 2.45) is 0 Å². The van der Waals surface area contributed by atoms with Crippen molar-refractivity contribution in [3.63, 3.8) is 0 Å². The maximum absolute atomic E-state index is 12.3. The van der Waals surface area contributed by atoms with E-state index in [-0.39, 0.29) is 5.91 Å². The second-order valence-electron chi connectivity index (χ2n) is 5.34. The zero-order chi connectivity index (χ0) is 17.3. The Hall–Kier alpha value is -2.79. The molecule has 2 aromatic carbocycles. The van der Waals surface area contributed by atoms with Crippen LogP contribution < -0.4 is 10.6 Å². The van der Waals surface area contributed by atoms with Crippen LogP contribution in [0.4, 0.5) is 11.4 Å². The zero-order valence-corrected chi connectivity index (χ0v) is 13.9. The van der Waals surface area contributed by atoms with Crippen LogP contribution in [0, 0.1) is 0 Å². The second-order valence-corrected chi connectivity index (χ2v) is 5.77. The quantitative estimate of drug-likeness (QED) is 0.655. The lowest BCUT2D eigenvalue weighted by atomic mass is 10.0. The zero-order valence-electron chi connectivity index (χ0n) is 13.1. The highest BCUT2D eigenvalue weighted by molar-refractivity contribution is 6.32. The highest BCUT2D eigenvalue weighted by Gasteiger charge is 2.27. The van der Waals surface area contributed by atoms with Gasteiger partial charge in [0.2, 0.25) is 0 Å². The summed E-state index contributed by atoms with van der Waals surface area (Å²) < 4.78 is 4.74. The van der Waals surface area contributed by atoms with E-state index in [9.17, 15) is 9.59 Å². The number of methoxy groups -OCH3 is 1. The number of amides is 1. The summed E-state index contributed by atoms with van der Waals surface area (Å²) in [5.74, 6) is -0.661. The number of hydrogen-bond donors (Lipinski definition) is 2. The van der Waals surface area contributed by atoms with Crippen molar-refractivity contribution in [2.45, 2.75) is 6.92 Å². The molecule has 0 saturated heterocycles. The van der Waals surface area contributed by atoms with E-state index in [4.69, 9.17) is 16.3 Å². The van der Waals surface area contributed by atoms with Crippen LogP contribution in [-0.2, 0) is 9.53 Å². The van der Waals surface area contributed by atoms with E-state index < -0.39 is 5.97 Å². The Bertz CT molecular complexity index is 857. The van der Waals surface area contributed by atoms with Gasteiger partial charge in [0.15, 0.2) is 0 Å². The first-order chi connectivity index (χ1) is 11.5. The molecule has 0 radical (unpaired) electrons. The van der Waals surface area contributed by atoms with Crippen LogP contribution in [0.3, 0.4) is 0 Å². The molecule has 1 aliphatic rings. The molecule has 0 bridgehead atoms. The molecule has 0 aliphatic carbocycles. The van der Waals surface area contributed by atoms with Crippen LogP contribution in [-0.4, -0.2) is 19.0 Å². The van der Waals surface area contributed by atoms with Crippen LogP contribution >= 0.6 is 11.6 Å². The first-order valence-electron chi connectivity index (χ1n) is 7.27. The maximum Gasteiger partial charge on any atom is 0.337 e. The minimum atomic E-state index is -0.445. The van der Waals surface area contributed by atoms with E-state index in [0.29, 0.717) is 33.1 Å². The number of nitrogens with one attached hydrogen (secondary N) is 2. The normalized spacial score (nSPS) is 14.7. The van der Waals surface area contributed by atoms with Crippen molar-refractivity contribution in [1.82, 2.24) is 0 Å². The number of benzene rings is 2. The van der Waals surface area contributed by atoms with Gasteiger partial charge in [0, 0.05) is 27.7 Å². The molecule has 122 valence electrons. The summed E-state index contributed by atoms with van der Waals surface area (Å²) in [5.41, 5.74) is 3.71. The Morgan fingerprint density at radius 2 is 1.88 bits per heavy atom. The van der Waals surface area contributed by atoms with Gasteiger partial charge in [-0.1, -0.05) is 11.6 Å². The van der Waals surface area contributed by atoms with Crippen molar-refractivity contribution in [3.05, 3.63) is 64.3 Å². The number of fused-ring (bicyclic) bond motifs is 1. The molecular formula is C18H15ClN2O3. The van der Waals surface area contributed by atoms with E-state index >= 15 is 0 Å². The van der Waals surface area contributed by atoms with Gasteiger partial charge in [0.05, 0.1) is 18.2 Å². The van der Waals surface area contributed by atoms with E-state index in [1.54, 1.807) is 30.3 Å². The van der Waals surface area contributed by atoms with Crippen molar-refractivity contribution in [1.29, 1.82) is 0 Å². The van der Waals surface area contributed by atoms with Gasteiger partial charge in [-0.25, -0.2) is 4.79 Å². The minimum absolute atomic E-state index is 0.217. The minimum Gasteiger partial charge on any atom is -0.465 e. The number of carbonyl (C=O) groups is 2. The number of carbonyl (C=O) groups excluding carboxylic acids is 2. The Labute approximate surface area is 144 Å². The summed E-state index contributed by atoms with van der Waals surface area (Å²) in [5, 5.41) is 6.62. The smallest absolute Gasteiger partial charge is 0.337 e. The Morgan fingerprint density at radius 1 is 1.17 bits per heavy atom. The maximum atomic E-state index is 12.3. The third-order valence-electron chi connectivity index (χ3n) is 3.74. The Kier molecular flexibility index (Phi) is 4.27. The van der Waals surface area contributed by atoms with Crippen molar-refractivity contribution < 1.29 is 14.3 Å². The monoisotopic (exact) mass is 342 g/mol. The van der Waals surface area contributed by atoms with Gasteiger partial charge in [0.1, 0.15) is 0 Å². The predicted molar refractivity (Wildman–Crippen MR) is 94.1 cm³/mol. The summed E-state index contributed by atoms with van der Waals surface area (Å²) in [7, 11) is 1.32. The topological polar surface area (TPSA) is 67.4 Å². The first-order valence-corrected chi connectivity index (χ1v) is 7.65. The lowest BCUT2D eigenvalue weighted by Crippen LogP contribution is -2.08. The highest BCUT2D eigenvalue weighted by Crippen LogP contribution is 2.35. The molecule has 3 rings (SSSR count). The van der Waals surface area contributed by atoms with E-state index in [1.165, 1.54) is 7.11 Å². The van der Waals surface area contributed by atoms with Crippen molar-refractivity contribution in [2.75, 3.05) is 17.7 Å². The fourth-order valence-electron chi connectivity index (χ4n) is 2.60. The molecule has 0 saturated carbocycles. The lowest BCUT2D eigenvalue weighted by molar-refractivity contribution is -0.110. The largest absolute Gasteiger partial charge is 0.465 e. The third kappa shape index (κ3) is 2.98. The van der Waals surface area contributed by atoms with E-state index in [1.807, 2.05) is 19.1 Å². The molecular weight excluding hydrogens is 328 g/mol. The summed E-state index contributed by atoms with van der Waals surface area (Å²) in [6.07, 6.45) is 0. The number of allylic oxidation sites excluding steroid dienone is 1. The molecule has 5 nitrogen and oxygen atoms in total. The molecule has 6 heteroatoms. The van der Waals surface area contributed by atoms with Crippen LogP contribution in [0.25, 0.3) is 5.57 Å². The molecule has 1 amide bonds. The summed E-state index contributed by atoms with van der Waals surface area (Å²) in [6, 6.07) is 12.1. The van der Waals surface area contributed by atoms with Gasteiger partial charge < -0.3 is 15.4 Å². The second kappa shape index (κ2) is 6.37. The number of hydrogen-bond acceptors (Lipinski definition) is 4. The number of esters is 1. The Morgan fingerprint density at radius 3 is 2.54 bits per heavy atom. The van der Waals surface area contributed by atoms with Crippen molar-refractivity contribution in [3.8, 4) is 0 Å². The van der Waals surface area contributed by atoms with Gasteiger partial charge in [-0.15, -0.1) is 0 Å². The molecule has 2 N–H and O–H groups in total. The number of rotatable bonds is 3. The van der Waals surface area contributed by atoms with Gasteiger partial charge in [0.25, 0.3) is 5.91 Å². The van der Waals surface area contributed by atoms with Crippen LogP contribution in [0.5, 0.6) is 0 Å². The molecule has 0 spiro atoms. The number of anilines is 2. The fraction of sp³-hybridized carbons (Fsp3) is 0.111. The fourth-order valence-corrected chi connectivity index (χ4v) is 2.72. The molecule has 0 unspecified atom stereocenters. The summed E-state index contributed by atoms with van der Waals surface area (Å²) >= 11 is 5.88. The van der Waals surface area contributed by atoms with Crippen LogP contribution in [0.2, 0.25) is 5.02 Å². The summed E-state index contributed by atoms with van der Waals surface area (Å²) in [6.45, 7) is 1.81. The van der Waals surface area contributed by atoms with E-state index in [2.05, 4.69) is 10.6 Å². The van der Waals surface area contributed by atoms with Gasteiger partial charge >= 0.3 is 5.97 Å². The Balaban J connectivity index is 2.00. The van der Waals surface area contributed by atoms with Crippen molar-refractivity contribution >= 4 is 40.4 Å². The predicted octanol–water partition coefficient (Wildman–Crippen LogP) is 3.92. The van der Waals surface area contributed by atoms with Gasteiger partial charge in [-0.2, -0.15) is 0 Å². The summed E-state index contributed by atoms with van der Waals surface area (Å²) in [4.78, 5) is 24.0.